The van der Waals surface area contributed by atoms with Crippen molar-refractivity contribution in [3.63, 3.8) is 0 Å². The van der Waals surface area contributed by atoms with Crippen LogP contribution in [0.5, 0.6) is 0 Å². The van der Waals surface area contributed by atoms with Crippen LogP contribution in [-0.4, -0.2) is 52.8 Å². The number of aliphatic imine (C=N–C) groups is 2. The second kappa shape index (κ2) is 10.1. The molecule has 0 radical (unpaired) electrons. The van der Waals surface area contributed by atoms with E-state index in [0.29, 0.717) is 0 Å². The minimum Gasteiger partial charge on any atom is -0.368 e. The molecule has 0 fully saturated rings. The van der Waals surface area contributed by atoms with Crippen LogP contribution >= 0.6 is 47.5 Å². The number of nitrogens with one attached hydrogen (secondary N) is 2. The minimum absolute atomic E-state index is 0. The van der Waals surface area contributed by atoms with E-state index in [2.05, 4.69) is 57.0 Å². The van der Waals surface area contributed by atoms with Gasteiger partial charge in [-0.15, -0.1) is 47.5 Å². The molecule has 0 amide bonds. The van der Waals surface area contributed by atoms with Crippen molar-refractivity contribution in [1.29, 1.82) is 0 Å². The minimum atomic E-state index is 0. The third-order valence-corrected chi connectivity index (χ3v) is 7.94. The molecular weight excluding hydrogens is 533 g/mol. The van der Waals surface area contributed by atoms with Crippen LogP contribution in [0.15, 0.2) is 64.6 Å². The van der Waals surface area contributed by atoms with Crippen LogP contribution in [-0.2, 0) is 0 Å². The van der Waals surface area contributed by atoms with Crippen LogP contribution in [0.3, 0.4) is 0 Å². The second-order valence-electron chi connectivity index (χ2n) is 8.13. The van der Waals surface area contributed by atoms with E-state index in [0.717, 1.165) is 90.8 Å². The van der Waals surface area contributed by atoms with E-state index < -0.39 is 0 Å². The average Bonchev–Trinajstić information content (AvgIpc) is 3.69. The molecular formula is C25H21Cl2N7S2. The summed E-state index contributed by atoms with van der Waals surface area (Å²) in [6.07, 6.45) is 0. The standard InChI is InChI=1S/C25H19N7S2.2ClH/c1-2-18(24-31-16-6-4-14(12-20(16)33-24)22-26-8-9-27-22)30-19(3-1)25-32-17-7-5-15(13-21(17)34-25)23-28-10-11-29-23;;/h1-7,12-13H,8-11H2,(H,26,27)(H,28,29);2*1H. The number of nitrogens with zero attached hydrogens (tertiary/aromatic N) is 5. The molecule has 7 nitrogen and oxygen atoms in total. The molecule has 36 heavy (non-hydrogen) atoms. The first-order valence-corrected chi connectivity index (χ1v) is 12.8. The smallest absolute Gasteiger partial charge is 0.143 e. The van der Waals surface area contributed by atoms with E-state index in [1.807, 2.05) is 18.2 Å². The number of amidine groups is 2. The van der Waals surface area contributed by atoms with Crippen molar-refractivity contribution in [2.24, 2.45) is 9.98 Å². The maximum atomic E-state index is 4.93. The fraction of sp³-hybridized carbons (Fsp3) is 0.160. The van der Waals surface area contributed by atoms with Gasteiger partial charge >= 0.3 is 0 Å². The van der Waals surface area contributed by atoms with E-state index in [1.165, 1.54) is 0 Å². The van der Waals surface area contributed by atoms with Crippen molar-refractivity contribution in [2.75, 3.05) is 26.2 Å². The predicted molar refractivity (Wildman–Crippen MR) is 155 cm³/mol. The molecule has 2 aliphatic heterocycles. The lowest BCUT2D eigenvalue weighted by molar-refractivity contribution is 0.960. The molecule has 2 aromatic carbocycles. The largest absolute Gasteiger partial charge is 0.368 e. The van der Waals surface area contributed by atoms with Crippen LogP contribution in [0.2, 0.25) is 0 Å². The predicted octanol–water partition coefficient (Wildman–Crippen LogP) is 5.18. The van der Waals surface area contributed by atoms with Crippen molar-refractivity contribution < 1.29 is 0 Å². The molecule has 3 aromatic heterocycles. The first kappa shape index (κ1) is 24.6. The van der Waals surface area contributed by atoms with Crippen molar-refractivity contribution in [3.05, 3.63) is 65.7 Å². The topological polar surface area (TPSA) is 87.5 Å². The number of hydrogen-bond acceptors (Lipinski definition) is 9. The van der Waals surface area contributed by atoms with E-state index >= 15 is 0 Å². The highest BCUT2D eigenvalue weighted by atomic mass is 35.5. The summed E-state index contributed by atoms with van der Waals surface area (Å²) in [5.74, 6) is 1.93. The molecule has 5 aromatic rings. The number of fused-ring (bicyclic) bond motifs is 2. The Morgan fingerprint density at radius 3 is 1.56 bits per heavy atom. The van der Waals surface area contributed by atoms with Gasteiger partial charge in [0.2, 0.25) is 0 Å². The summed E-state index contributed by atoms with van der Waals surface area (Å²) in [4.78, 5) is 23.7. The Morgan fingerprint density at radius 1 is 0.611 bits per heavy atom. The molecule has 0 saturated carbocycles. The molecule has 0 spiro atoms. The summed E-state index contributed by atoms with van der Waals surface area (Å²) in [6.45, 7) is 3.46. The summed E-state index contributed by atoms with van der Waals surface area (Å²) in [7, 11) is 0. The molecule has 11 heteroatoms. The van der Waals surface area contributed by atoms with Crippen LogP contribution in [0.1, 0.15) is 11.1 Å². The number of aromatic nitrogens is 3. The molecule has 0 atom stereocenters. The summed E-state index contributed by atoms with van der Waals surface area (Å²) in [6, 6.07) is 18.7. The second-order valence-corrected chi connectivity index (χ2v) is 10.2. The van der Waals surface area contributed by atoms with E-state index in [1.54, 1.807) is 22.7 Å². The van der Waals surface area contributed by atoms with Crippen molar-refractivity contribution in [3.8, 4) is 21.4 Å². The Kier molecular flexibility index (Phi) is 6.90. The lowest BCUT2D eigenvalue weighted by Crippen LogP contribution is -2.19. The molecule has 2 aliphatic rings. The zero-order valence-corrected chi connectivity index (χ0v) is 22.2. The van der Waals surface area contributed by atoms with Gasteiger partial charge in [0.1, 0.15) is 21.7 Å². The van der Waals surface area contributed by atoms with Gasteiger partial charge in [0, 0.05) is 24.2 Å². The summed E-state index contributed by atoms with van der Waals surface area (Å²) >= 11 is 3.31. The third kappa shape index (κ3) is 4.43. The summed E-state index contributed by atoms with van der Waals surface area (Å²) < 4.78 is 2.26. The van der Waals surface area contributed by atoms with Gasteiger partial charge in [0.25, 0.3) is 0 Å². The highest BCUT2D eigenvalue weighted by Crippen LogP contribution is 2.34. The van der Waals surface area contributed by atoms with Gasteiger partial charge in [0.15, 0.2) is 0 Å². The molecule has 0 aliphatic carbocycles. The third-order valence-electron chi connectivity index (χ3n) is 5.86. The number of benzene rings is 2. The van der Waals surface area contributed by atoms with Gasteiger partial charge in [-0.05, 0) is 48.5 Å². The van der Waals surface area contributed by atoms with E-state index in [-0.39, 0.29) is 24.8 Å². The highest BCUT2D eigenvalue weighted by Gasteiger charge is 2.15. The normalized spacial score (nSPS) is 14.6. The van der Waals surface area contributed by atoms with E-state index in [9.17, 15) is 0 Å². The maximum Gasteiger partial charge on any atom is 0.143 e. The zero-order valence-electron chi connectivity index (χ0n) is 18.9. The van der Waals surface area contributed by atoms with Gasteiger partial charge in [-0.3, -0.25) is 9.98 Å². The maximum absolute atomic E-state index is 4.93. The average molecular weight is 555 g/mol. The fourth-order valence-corrected chi connectivity index (χ4v) is 6.17. The van der Waals surface area contributed by atoms with Gasteiger partial charge in [-0.25, -0.2) is 15.0 Å². The quantitative estimate of drug-likeness (QED) is 0.320. The van der Waals surface area contributed by atoms with Crippen LogP contribution < -0.4 is 10.6 Å². The van der Waals surface area contributed by atoms with Crippen molar-refractivity contribution >= 4 is 79.6 Å². The number of pyridine rings is 1. The molecule has 0 bridgehead atoms. The number of thiazole rings is 2. The molecule has 0 saturated heterocycles. The monoisotopic (exact) mass is 553 g/mol. The Balaban J connectivity index is 0.00000133. The molecule has 5 heterocycles. The van der Waals surface area contributed by atoms with E-state index in [4.69, 9.17) is 15.0 Å². The lowest BCUT2D eigenvalue weighted by Gasteiger charge is -2.01. The molecule has 7 rings (SSSR count). The summed E-state index contributed by atoms with van der Waals surface area (Å²) in [5, 5.41) is 8.49. The fourth-order valence-electron chi connectivity index (χ4n) is 4.22. The van der Waals surface area contributed by atoms with Gasteiger partial charge in [-0.2, -0.15) is 0 Å². The first-order chi connectivity index (χ1) is 16.8. The zero-order chi connectivity index (χ0) is 22.5. The highest BCUT2D eigenvalue weighted by molar-refractivity contribution is 7.22. The Morgan fingerprint density at radius 2 is 1.11 bits per heavy atom. The van der Waals surface area contributed by atoms with Crippen LogP contribution in [0, 0.1) is 0 Å². The molecule has 0 unspecified atom stereocenters. The number of rotatable bonds is 4. The Bertz CT molecular complexity index is 1520. The Hall–Kier alpha value is -3.11. The first-order valence-electron chi connectivity index (χ1n) is 11.2. The number of halogens is 2. The van der Waals surface area contributed by atoms with Crippen molar-refractivity contribution in [2.45, 2.75) is 0 Å². The van der Waals surface area contributed by atoms with Gasteiger partial charge in [-0.1, -0.05) is 6.07 Å². The summed E-state index contributed by atoms with van der Waals surface area (Å²) in [5.41, 5.74) is 5.89. The molecule has 2 N–H and O–H groups in total. The van der Waals surface area contributed by atoms with Crippen molar-refractivity contribution in [1.82, 2.24) is 25.6 Å². The van der Waals surface area contributed by atoms with Crippen LogP contribution in [0.25, 0.3) is 41.8 Å². The lowest BCUT2D eigenvalue weighted by atomic mass is 10.2. The Labute approximate surface area is 227 Å². The van der Waals surface area contributed by atoms with Crippen LogP contribution in [0.4, 0.5) is 0 Å². The van der Waals surface area contributed by atoms with Gasteiger partial charge < -0.3 is 10.6 Å². The number of hydrogen-bond donors (Lipinski definition) is 2. The molecule has 182 valence electrons. The van der Waals surface area contributed by atoms with Gasteiger partial charge in [0.05, 0.1) is 44.9 Å². The SMILES string of the molecule is Cl.Cl.c1cc(-c2nc3ccc(C4=NCCN4)cc3s2)nc(-c2nc3ccc(C4=NCCN4)cc3s2)c1.